The van der Waals surface area contributed by atoms with Crippen molar-refractivity contribution in [1.29, 1.82) is 0 Å². The summed E-state index contributed by atoms with van der Waals surface area (Å²) >= 11 is 0. The first kappa shape index (κ1) is 15.9. The number of hydrogen-bond acceptors (Lipinski definition) is 2. The molecule has 0 unspecified atom stereocenters. The summed E-state index contributed by atoms with van der Waals surface area (Å²) in [5.74, 6) is 0.221. The van der Waals surface area contributed by atoms with E-state index in [0.29, 0.717) is 11.4 Å². The summed E-state index contributed by atoms with van der Waals surface area (Å²) < 4.78 is 43.9. The number of hydrogen-bond donors (Lipinski definition) is 1. The van der Waals surface area contributed by atoms with E-state index in [1.807, 2.05) is 0 Å². The van der Waals surface area contributed by atoms with Crippen LogP contribution >= 0.6 is 0 Å². The predicted octanol–water partition coefficient (Wildman–Crippen LogP) is 4.24. The third-order valence-electron chi connectivity index (χ3n) is 2.89. The molecule has 0 heterocycles. The van der Waals surface area contributed by atoms with Crippen LogP contribution in [-0.4, -0.2) is 5.91 Å². The summed E-state index contributed by atoms with van der Waals surface area (Å²) in [5, 5.41) is 2.59. The highest BCUT2D eigenvalue weighted by Crippen LogP contribution is 2.32. The van der Waals surface area contributed by atoms with E-state index in [9.17, 15) is 18.0 Å². The molecule has 6 heteroatoms. The first-order valence-corrected chi connectivity index (χ1v) is 6.52. The molecule has 0 aliphatic rings. The molecular weight excluding hydrogens is 295 g/mol. The Labute approximate surface area is 125 Å². The Morgan fingerprint density at radius 3 is 2.32 bits per heavy atom. The molecule has 0 bridgehead atoms. The van der Waals surface area contributed by atoms with Gasteiger partial charge in [-0.05, 0) is 30.3 Å². The number of carbonyl (C=O) groups excluding carboxylic acids is 1. The zero-order valence-corrected chi connectivity index (χ0v) is 11.8. The number of amides is 1. The third-order valence-corrected chi connectivity index (χ3v) is 2.89. The quantitative estimate of drug-likeness (QED) is 0.917. The van der Waals surface area contributed by atoms with Gasteiger partial charge in [0.25, 0.3) is 0 Å². The standard InChI is InChI=1S/C16H14F3NO2/c1-11(21)20-13-6-8-14(9-7-13)22-10-12-4-2-3-5-15(12)16(17,18)19/h2-9H,10H2,1H3,(H,20,21). The molecule has 0 aromatic heterocycles. The topological polar surface area (TPSA) is 38.3 Å². The van der Waals surface area contributed by atoms with E-state index >= 15 is 0 Å². The predicted molar refractivity (Wildman–Crippen MR) is 76.5 cm³/mol. The van der Waals surface area contributed by atoms with Crippen molar-refractivity contribution in [3.05, 3.63) is 59.7 Å². The largest absolute Gasteiger partial charge is 0.489 e. The molecule has 0 saturated heterocycles. The van der Waals surface area contributed by atoms with Crippen molar-refractivity contribution in [3.8, 4) is 5.75 Å². The van der Waals surface area contributed by atoms with Crippen LogP contribution in [-0.2, 0) is 17.6 Å². The van der Waals surface area contributed by atoms with Crippen LogP contribution < -0.4 is 10.1 Å². The van der Waals surface area contributed by atoms with Crippen LogP contribution in [0.4, 0.5) is 18.9 Å². The highest BCUT2D eigenvalue weighted by Gasteiger charge is 2.32. The number of anilines is 1. The molecule has 1 amide bonds. The van der Waals surface area contributed by atoms with E-state index in [1.54, 1.807) is 24.3 Å². The first-order chi connectivity index (χ1) is 10.4. The Balaban J connectivity index is 2.06. The molecule has 0 fully saturated rings. The van der Waals surface area contributed by atoms with Gasteiger partial charge < -0.3 is 10.1 Å². The Morgan fingerprint density at radius 2 is 1.73 bits per heavy atom. The average molecular weight is 309 g/mol. The molecule has 116 valence electrons. The number of nitrogens with one attached hydrogen (secondary N) is 1. The maximum atomic E-state index is 12.9. The number of carbonyl (C=O) groups is 1. The summed E-state index contributed by atoms with van der Waals surface area (Å²) in [4.78, 5) is 10.9. The minimum absolute atomic E-state index is 0.0703. The zero-order valence-electron chi connectivity index (χ0n) is 11.8. The zero-order chi connectivity index (χ0) is 16.2. The average Bonchev–Trinajstić information content (AvgIpc) is 2.45. The maximum Gasteiger partial charge on any atom is 0.416 e. The van der Waals surface area contributed by atoms with E-state index in [1.165, 1.54) is 25.1 Å². The lowest BCUT2D eigenvalue weighted by Crippen LogP contribution is -2.10. The number of rotatable bonds is 4. The molecule has 1 N–H and O–H groups in total. The summed E-state index contributed by atoms with van der Waals surface area (Å²) in [6.45, 7) is 1.20. The number of ether oxygens (including phenoxy) is 1. The van der Waals surface area contributed by atoms with Gasteiger partial charge in [0.05, 0.1) is 5.56 Å². The molecule has 0 atom stereocenters. The molecule has 2 rings (SSSR count). The molecule has 3 nitrogen and oxygen atoms in total. The summed E-state index contributed by atoms with van der Waals surface area (Å²) in [7, 11) is 0. The molecular formula is C16H14F3NO2. The second-order valence-corrected chi connectivity index (χ2v) is 4.65. The normalized spacial score (nSPS) is 11.1. The van der Waals surface area contributed by atoms with Gasteiger partial charge in [-0.3, -0.25) is 4.79 Å². The van der Waals surface area contributed by atoms with Gasteiger partial charge in [0.2, 0.25) is 5.91 Å². The second-order valence-electron chi connectivity index (χ2n) is 4.65. The maximum absolute atomic E-state index is 12.9. The minimum Gasteiger partial charge on any atom is -0.489 e. The van der Waals surface area contributed by atoms with Crippen LogP contribution in [0.15, 0.2) is 48.5 Å². The van der Waals surface area contributed by atoms with Gasteiger partial charge in [0, 0.05) is 18.2 Å². The lowest BCUT2D eigenvalue weighted by molar-refractivity contribution is -0.138. The van der Waals surface area contributed by atoms with Crippen molar-refractivity contribution in [3.63, 3.8) is 0 Å². The van der Waals surface area contributed by atoms with E-state index in [-0.39, 0.29) is 18.1 Å². The van der Waals surface area contributed by atoms with Crippen LogP contribution in [0, 0.1) is 0 Å². The monoisotopic (exact) mass is 309 g/mol. The van der Waals surface area contributed by atoms with Crippen molar-refractivity contribution in [2.75, 3.05) is 5.32 Å². The number of halogens is 3. The van der Waals surface area contributed by atoms with Crippen LogP contribution in [0.2, 0.25) is 0 Å². The number of benzene rings is 2. The highest BCUT2D eigenvalue weighted by molar-refractivity contribution is 5.88. The summed E-state index contributed by atoms with van der Waals surface area (Å²) in [5.41, 5.74) is -0.0404. The SMILES string of the molecule is CC(=O)Nc1ccc(OCc2ccccc2C(F)(F)F)cc1. The van der Waals surface area contributed by atoms with Crippen LogP contribution in [0.5, 0.6) is 5.75 Å². The summed E-state index contributed by atoms with van der Waals surface area (Å²) in [6.07, 6.45) is -4.41. The first-order valence-electron chi connectivity index (χ1n) is 6.52. The second kappa shape index (κ2) is 6.51. The van der Waals surface area contributed by atoms with Crippen molar-refractivity contribution in [1.82, 2.24) is 0 Å². The molecule has 22 heavy (non-hydrogen) atoms. The van der Waals surface area contributed by atoms with Crippen molar-refractivity contribution >= 4 is 11.6 Å². The van der Waals surface area contributed by atoms with Gasteiger partial charge in [-0.25, -0.2) is 0 Å². The molecule has 0 radical (unpaired) electrons. The van der Waals surface area contributed by atoms with Gasteiger partial charge in [0.1, 0.15) is 12.4 Å². The van der Waals surface area contributed by atoms with E-state index in [4.69, 9.17) is 4.74 Å². The molecule has 0 aliphatic carbocycles. The summed E-state index contributed by atoms with van der Waals surface area (Å²) in [6, 6.07) is 11.7. The van der Waals surface area contributed by atoms with Crippen LogP contribution in [0.1, 0.15) is 18.1 Å². The Morgan fingerprint density at radius 1 is 1.09 bits per heavy atom. The molecule has 2 aromatic rings. The lowest BCUT2D eigenvalue weighted by Gasteiger charge is -2.13. The fraction of sp³-hybridized carbons (Fsp3) is 0.188. The minimum atomic E-state index is -4.41. The fourth-order valence-corrected chi connectivity index (χ4v) is 1.92. The smallest absolute Gasteiger partial charge is 0.416 e. The van der Waals surface area contributed by atoms with Crippen molar-refractivity contribution < 1.29 is 22.7 Å². The van der Waals surface area contributed by atoms with Crippen molar-refractivity contribution in [2.24, 2.45) is 0 Å². The Hall–Kier alpha value is -2.50. The lowest BCUT2D eigenvalue weighted by atomic mass is 10.1. The third kappa shape index (κ3) is 4.25. The number of alkyl halides is 3. The highest BCUT2D eigenvalue weighted by atomic mass is 19.4. The van der Waals surface area contributed by atoms with Gasteiger partial charge in [-0.15, -0.1) is 0 Å². The van der Waals surface area contributed by atoms with Gasteiger partial charge in [0.15, 0.2) is 0 Å². The molecule has 2 aromatic carbocycles. The molecule has 0 aliphatic heterocycles. The van der Waals surface area contributed by atoms with E-state index in [2.05, 4.69) is 5.32 Å². The van der Waals surface area contributed by atoms with E-state index < -0.39 is 11.7 Å². The Kier molecular flexibility index (Phi) is 4.70. The van der Waals surface area contributed by atoms with Crippen molar-refractivity contribution in [2.45, 2.75) is 19.7 Å². The van der Waals surface area contributed by atoms with Gasteiger partial charge >= 0.3 is 6.18 Å². The van der Waals surface area contributed by atoms with Gasteiger partial charge in [-0.2, -0.15) is 13.2 Å². The van der Waals surface area contributed by atoms with Gasteiger partial charge in [-0.1, -0.05) is 18.2 Å². The van der Waals surface area contributed by atoms with E-state index in [0.717, 1.165) is 6.07 Å². The van der Waals surface area contributed by atoms with Crippen LogP contribution in [0.25, 0.3) is 0 Å². The fourth-order valence-electron chi connectivity index (χ4n) is 1.92. The van der Waals surface area contributed by atoms with Crippen LogP contribution in [0.3, 0.4) is 0 Å². The molecule has 0 spiro atoms. The molecule has 0 saturated carbocycles. The Bertz CT molecular complexity index is 651.